The zero-order valence-electron chi connectivity index (χ0n) is 16.2. The third-order valence-corrected chi connectivity index (χ3v) is 9.23. The van der Waals surface area contributed by atoms with Gasteiger partial charge in [-0.15, -0.1) is 0 Å². The molecule has 1 spiro atoms. The fourth-order valence-corrected chi connectivity index (χ4v) is 7.50. The first-order valence-corrected chi connectivity index (χ1v) is 12.3. The van der Waals surface area contributed by atoms with Crippen molar-refractivity contribution < 1.29 is 13.9 Å². The average Bonchev–Trinajstić information content (AvgIpc) is 2.67. The first-order valence-electron chi connectivity index (χ1n) is 10.0. The SMILES string of the molecule is CCOC(=O)N1CC2(CC[C@@H](N3CCN(c4ncc(F)cc4Br)CC3)[Al][CH2]2)C1. The second kappa shape index (κ2) is 8.47. The number of halogens is 2. The molecule has 1 amide bonds. The topological polar surface area (TPSA) is 48.9 Å². The van der Waals surface area contributed by atoms with Crippen molar-refractivity contribution in [1.29, 1.82) is 0 Å². The average molecular weight is 468 g/mol. The maximum atomic E-state index is 13.3. The molecule has 3 saturated heterocycles. The van der Waals surface area contributed by atoms with E-state index in [0.717, 1.165) is 49.6 Å². The van der Waals surface area contributed by atoms with Crippen LogP contribution in [0.1, 0.15) is 19.8 Å². The van der Waals surface area contributed by atoms with Gasteiger partial charge < -0.3 is 19.4 Å². The fraction of sp³-hybridized carbons (Fsp3) is 0.684. The van der Waals surface area contributed by atoms with Gasteiger partial charge in [0, 0.05) is 39.3 Å². The van der Waals surface area contributed by atoms with Gasteiger partial charge in [-0.1, -0.05) is 11.7 Å². The Morgan fingerprint density at radius 3 is 2.75 bits per heavy atom. The van der Waals surface area contributed by atoms with Crippen molar-refractivity contribution in [2.45, 2.75) is 30.0 Å². The maximum Gasteiger partial charge on any atom is 0.409 e. The third kappa shape index (κ3) is 4.18. The minimum absolute atomic E-state index is 0.151. The molecule has 3 fully saturated rings. The van der Waals surface area contributed by atoms with Crippen LogP contribution in [-0.2, 0) is 4.74 Å². The lowest BCUT2D eigenvalue weighted by atomic mass is 9.77. The van der Waals surface area contributed by atoms with E-state index in [4.69, 9.17) is 4.74 Å². The molecule has 1 aromatic rings. The Bertz CT molecular complexity index is 716. The van der Waals surface area contributed by atoms with E-state index in [-0.39, 0.29) is 11.9 Å². The summed E-state index contributed by atoms with van der Waals surface area (Å²) in [6.07, 6.45) is 3.59. The van der Waals surface area contributed by atoms with Crippen LogP contribution in [0.5, 0.6) is 0 Å². The smallest absolute Gasteiger partial charge is 0.409 e. The van der Waals surface area contributed by atoms with E-state index in [1.54, 1.807) is 0 Å². The molecule has 0 bridgehead atoms. The largest absolute Gasteiger partial charge is 0.450 e. The number of carbonyl (C=O) groups is 1. The highest BCUT2D eigenvalue weighted by Gasteiger charge is 2.48. The number of amides is 1. The van der Waals surface area contributed by atoms with Gasteiger partial charge in [0.25, 0.3) is 0 Å². The molecule has 0 aromatic carbocycles. The van der Waals surface area contributed by atoms with Crippen molar-refractivity contribution in [3.05, 3.63) is 22.6 Å². The number of carbonyl (C=O) groups excluding carboxylic acids is 1. The summed E-state index contributed by atoms with van der Waals surface area (Å²) >= 11 is 3.81. The molecule has 0 unspecified atom stereocenters. The first kappa shape index (κ1) is 20.4. The second-order valence-corrected chi connectivity index (χ2v) is 10.6. The third-order valence-electron chi connectivity index (χ3n) is 6.24. The molecular formula is C19H26AlBrFN4O2. The summed E-state index contributed by atoms with van der Waals surface area (Å²) in [5.41, 5.74) is 0.364. The van der Waals surface area contributed by atoms with Crippen LogP contribution < -0.4 is 4.90 Å². The van der Waals surface area contributed by atoms with E-state index in [2.05, 4.69) is 30.7 Å². The fourth-order valence-electron chi connectivity index (χ4n) is 4.69. The number of likely N-dealkylation sites (tertiary alicyclic amines) is 1. The lowest BCUT2D eigenvalue weighted by molar-refractivity contribution is -0.00436. The molecular weight excluding hydrogens is 442 g/mol. The number of rotatable bonds is 3. The van der Waals surface area contributed by atoms with Gasteiger partial charge in [-0.2, -0.15) is 0 Å². The number of piperazine rings is 1. The van der Waals surface area contributed by atoms with Gasteiger partial charge >= 0.3 is 6.09 Å². The van der Waals surface area contributed by atoms with Gasteiger partial charge in [0.05, 0.1) is 17.3 Å². The Morgan fingerprint density at radius 1 is 1.39 bits per heavy atom. The number of anilines is 1. The highest BCUT2D eigenvalue weighted by atomic mass is 79.9. The van der Waals surface area contributed by atoms with Crippen LogP contribution in [0, 0.1) is 11.2 Å². The molecule has 28 heavy (non-hydrogen) atoms. The van der Waals surface area contributed by atoms with Crippen molar-refractivity contribution >= 4 is 43.1 Å². The number of aromatic nitrogens is 1. The molecule has 4 rings (SSSR count). The highest BCUT2D eigenvalue weighted by molar-refractivity contribution is 9.10. The number of nitrogens with zero attached hydrogens (tertiary/aromatic N) is 4. The minimum atomic E-state index is -0.313. The van der Waals surface area contributed by atoms with Crippen LogP contribution in [0.2, 0.25) is 5.28 Å². The summed E-state index contributed by atoms with van der Waals surface area (Å²) < 4.78 is 19.1. The molecule has 3 aliphatic heterocycles. The number of hydrogen-bond acceptors (Lipinski definition) is 5. The summed E-state index contributed by atoms with van der Waals surface area (Å²) in [6, 6.07) is 1.48. The van der Waals surface area contributed by atoms with Crippen LogP contribution in [0.25, 0.3) is 0 Å². The molecule has 0 N–H and O–H groups in total. The van der Waals surface area contributed by atoms with Crippen molar-refractivity contribution in [1.82, 2.24) is 14.8 Å². The van der Waals surface area contributed by atoms with Gasteiger partial charge in [-0.3, -0.25) is 0 Å². The molecule has 1 radical (unpaired) electrons. The summed E-state index contributed by atoms with van der Waals surface area (Å²) in [5.74, 6) is 0.524. The Kier molecular flexibility index (Phi) is 6.17. The van der Waals surface area contributed by atoms with Crippen LogP contribution in [0.4, 0.5) is 15.0 Å². The number of hydrogen-bond donors (Lipinski definition) is 0. The molecule has 1 aromatic heterocycles. The zero-order chi connectivity index (χ0) is 19.7. The molecule has 1 atom stereocenters. The van der Waals surface area contributed by atoms with Crippen LogP contribution in [0.3, 0.4) is 0 Å². The Hall–Kier alpha value is -0.878. The molecule has 6 nitrogen and oxygen atoms in total. The molecule has 3 aliphatic rings. The van der Waals surface area contributed by atoms with E-state index in [1.807, 2.05) is 11.8 Å². The van der Waals surface area contributed by atoms with E-state index < -0.39 is 0 Å². The molecule has 0 aliphatic carbocycles. The van der Waals surface area contributed by atoms with Gasteiger partial charge in [0.15, 0.2) is 0 Å². The van der Waals surface area contributed by atoms with Gasteiger partial charge in [0.1, 0.15) is 11.6 Å². The van der Waals surface area contributed by atoms with E-state index in [1.165, 1.54) is 30.4 Å². The second-order valence-electron chi connectivity index (χ2n) is 8.08. The summed E-state index contributed by atoms with van der Waals surface area (Å²) in [7, 11) is 0. The molecule has 0 saturated carbocycles. The van der Waals surface area contributed by atoms with Crippen molar-refractivity contribution in [3.8, 4) is 0 Å². The molecule has 9 heteroatoms. The lowest BCUT2D eigenvalue weighted by Gasteiger charge is -2.54. The van der Waals surface area contributed by atoms with Crippen LogP contribution in [-0.4, -0.2) is 86.9 Å². The lowest BCUT2D eigenvalue weighted by Crippen LogP contribution is -2.62. The van der Waals surface area contributed by atoms with E-state index in [9.17, 15) is 9.18 Å². The number of ether oxygens (including phenoxy) is 1. The predicted molar refractivity (Wildman–Crippen MR) is 110 cm³/mol. The Labute approximate surface area is 180 Å². The summed E-state index contributed by atoms with van der Waals surface area (Å²) in [4.78, 5) is 23.5. The van der Waals surface area contributed by atoms with Gasteiger partial charge in [-0.25, -0.2) is 14.2 Å². The molecule has 151 valence electrons. The summed E-state index contributed by atoms with van der Waals surface area (Å²) in [6.45, 7) is 7.98. The number of pyridine rings is 1. The Morgan fingerprint density at radius 2 is 2.14 bits per heavy atom. The maximum absolute atomic E-state index is 13.3. The quantitative estimate of drug-likeness (QED) is 0.639. The predicted octanol–water partition coefficient (Wildman–Crippen LogP) is 2.81. The van der Waals surface area contributed by atoms with E-state index >= 15 is 0 Å². The van der Waals surface area contributed by atoms with Crippen LogP contribution in [0.15, 0.2) is 16.7 Å². The van der Waals surface area contributed by atoms with Crippen LogP contribution >= 0.6 is 15.9 Å². The van der Waals surface area contributed by atoms with Crippen molar-refractivity contribution in [3.63, 3.8) is 0 Å². The van der Waals surface area contributed by atoms with Gasteiger partial charge in [-0.05, 0) is 45.7 Å². The highest BCUT2D eigenvalue weighted by Crippen LogP contribution is 2.43. The van der Waals surface area contributed by atoms with Crippen molar-refractivity contribution in [2.75, 3.05) is 50.8 Å². The van der Waals surface area contributed by atoms with Gasteiger partial charge in [0.2, 0.25) is 15.2 Å². The standard InChI is InChI=1S/C19H26BrFN4O2.Al/c1-3-27-18(26)25-13-19(2,14-25)5-4-6-23-7-9-24(10-8-23)17-16(20)11-15(21)12-22-17;/h6,11-12H,2-5,7-10,13-14H2,1H3;. The van der Waals surface area contributed by atoms with E-state index in [0.29, 0.717) is 32.1 Å². The Balaban J connectivity index is 1.24. The molecule has 4 heterocycles. The summed E-state index contributed by atoms with van der Waals surface area (Å²) in [5, 5.41) is 1.28. The zero-order valence-corrected chi connectivity index (χ0v) is 19.0. The normalized spacial score (nSPS) is 24.6. The van der Waals surface area contributed by atoms with Crippen molar-refractivity contribution in [2.24, 2.45) is 5.41 Å². The monoisotopic (exact) mass is 467 g/mol. The first-order chi connectivity index (χ1) is 13.5. The minimum Gasteiger partial charge on any atom is -0.450 e.